The Morgan fingerprint density at radius 1 is 0.652 bits per heavy atom. The van der Waals surface area contributed by atoms with E-state index in [0.717, 1.165) is 22.0 Å². The van der Waals surface area contributed by atoms with E-state index in [4.69, 9.17) is 5.10 Å². The molecule has 0 aliphatic carbocycles. The maximum Gasteiger partial charge on any atom is 0.101 e. The Morgan fingerprint density at radius 2 is 1.39 bits per heavy atom. The first kappa shape index (κ1) is 12.4. The predicted octanol–water partition coefficient (Wildman–Crippen LogP) is 4.73. The fourth-order valence-electron chi connectivity index (χ4n) is 3.25. The molecule has 3 heteroatoms. The number of nitrogens with zero attached hydrogens (tertiary/aromatic N) is 3. The molecule has 108 valence electrons. The summed E-state index contributed by atoms with van der Waals surface area (Å²) < 4.78 is 1.96. The smallest absolute Gasteiger partial charge is 0.101 e. The molecule has 0 amide bonds. The molecule has 5 rings (SSSR count). The highest BCUT2D eigenvalue weighted by Crippen LogP contribution is 2.34. The van der Waals surface area contributed by atoms with Crippen LogP contribution < -0.4 is 0 Å². The van der Waals surface area contributed by atoms with Crippen molar-refractivity contribution >= 4 is 32.4 Å². The highest BCUT2D eigenvalue weighted by Gasteiger charge is 2.12. The van der Waals surface area contributed by atoms with Gasteiger partial charge in [-0.15, -0.1) is 0 Å². The van der Waals surface area contributed by atoms with Crippen LogP contribution in [0, 0.1) is 0 Å². The highest BCUT2D eigenvalue weighted by atomic mass is 15.3. The van der Waals surface area contributed by atoms with Crippen LogP contribution in [0.15, 0.2) is 79.3 Å². The van der Waals surface area contributed by atoms with Gasteiger partial charge in [-0.1, -0.05) is 42.5 Å². The summed E-state index contributed by atoms with van der Waals surface area (Å²) in [5, 5.41) is 10.7. The molecule has 0 unspecified atom stereocenters. The SMILES string of the molecule is c1ccc(-n2cc3c4ccncc4c4ccccc4c3n2)cc1. The minimum absolute atomic E-state index is 1.03. The second-order valence-electron chi connectivity index (χ2n) is 5.64. The fourth-order valence-corrected chi connectivity index (χ4v) is 3.25. The van der Waals surface area contributed by atoms with Gasteiger partial charge in [-0.2, -0.15) is 5.10 Å². The molecule has 0 bridgehead atoms. The summed E-state index contributed by atoms with van der Waals surface area (Å²) in [5.74, 6) is 0. The second kappa shape index (κ2) is 4.65. The monoisotopic (exact) mass is 295 g/mol. The van der Waals surface area contributed by atoms with Crippen molar-refractivity contribution in [3.8, 4) is 5.69 Å². The molecule has 0 N–H and O–H groups in total. The number of para-hydroxylation sites is 1. The van der Waals surface area contributed by atoms with Crippen molar-refractivity contribution in [3.63, 3.8) is 0 Å². The van der Waals surface area contributed by atoms with Crippen LogP contribution in [0.25, 0.3) is 38.1 Å². The van der Waals surface area contributed by atoms with Gasteiger partial charge in [-0.05, 0) is 29.0 Å². The molecule has 0 saturated heterocycles. The fraction of sp³-hybridized carbons (Fsp3) is 0. The van der Waals surface area contributed by atoms with Gasteiger partial charge in [0.1, 0.15) is 5.52 Å². The van der Waals surface area contributed by atoms with E-state index in [1.165, 1.54) is 16.2 Å². The van der Waals surface area contributed by atoms with E-state index in [1.807, 2.05) is 35.3 Å². The molecule has 0 fully saturated rings. The molecule has 5 aromatic rings. The van der Waals surface area contributed by atoms with Gasteiger partial charge in [0, 0.05) is 34.7 Å². The van der Waals surface area contributed by atoms with E-state index < -0.39 is 0 Å². The lowest BCUT2D eigenvalue weighted by molar-refractivity contribution is 0.898. The zero-order chi connectivity index (χ0) is 15.2. The summed E-state index contributed by atoms with van der Waals surface area (Å²) in [7, 11) is 0. The maximum atomic E-state index is 4.86. The summed E-state index contributed by atoms with van der Waals surface area (Å²) in [6.07, 6.45) is 5.90. The first-order chi connectivity index (χ1) is 11.4. The first-order valence-electron chi connectivity index (χ1n) is 7.61. The first-order valence-corrected chi connectivity index (χ1v) is 7.61. The van der Waals surface area contributed by atoms with Gasteiger partial charge in [-0.3, -0.25) is 4.98 Å². The number of hydrogen-bond donors (Lipinski definition) is 0. The van der Waals surface area contributed by atoms with Crippen molar-refractivity contribution < 1.29 is 0 Å². The Bertz CT molecular complexity index is 1080. The number of benzene rings is 3. The van der Waals surface area contributed by atoms with Gasteiger partial charge in [0.05, 0.1) is 5.69 Å². The Morgan fingerprint density at radius 3 is 2.26 bits per heavy atom. The van der Waals surface area contributed by atoms with E-state index in [9.17, 15) is 0 Å². The molecule has 3 nitrogen and oxygen atoms in total. The van der Waals surface area contributed by atoms with Crippen LogP contribution >= 0.6 is 0 Å². The quantitative estimate of drug-likeness (QED) is 0.419. The third kappa shape index (κ3) is 1.77. The van der Waals surface area contributed by atoms with E-state index in [-0.39, 0.29) is 0 Å². The van der Waals surface area contributed by atoms with Crippen molar-refractivity contribution in [2.45, 2.75) is 0 Å². The topological polar surface area (TPSA) is 30.7 Å². The summed E-state index contributed by atoms with van der Waals surface area (Å²) in [6.45, 7) is 0. The zero-order valence-corrected chi connectivity index (χ0v) is 12.3. The number of fused-ring (bicyclic) bond motifs is 6. The normalized spacial score (nSPS) is 11.5. The third-order valence-corrected chi connectivity index (χ3v) is 4.32. The molecule has 23 heavy (non-hydrogen) atoms. The van der Waals surface area contributed by atoms with Crippen LogP contribution in [0.1, 0.15) is 0 Å². The molecule has 3 aromatic carbocycles. The maximum absolute atomic E-state index is 4.86. The Labute approximate surface area is 132 Å². The van der Waals surface area contributed by atoms with Crippen LogP contribution in [0.4, 0.5) is 0 Å². The molecule has 2 heterocycles. The molecule has 0 aliphatic heterocycles. The van der Waals surface area contributed by atoms with E-state index in [1.54, 1.807) is 0 Å². The largest absolute Gasteiger partial charge is 0.264 e. The molecule has 0 aliphatic rings. The molecule has 2 aromatic heterocycles. The molecule has 0 radical (unpaired) electrons. The van der Waals surface area contributed by atoms with Crippen LogP contribution in [0.2, 0.25) is 0 Å². The Hall–Kier alpha value is -3.20. The van der Waals surface area contributed by atoms with Crippen molar-refractivity contribution in [3.05, 3.63) is 79.3 Å². The van der Waals surface area contributed by atoms with Crippen molar-refractivity contribution in [2.75, 3.05) is 0 Å². The van der Waals surface area contributed by atoms with Crippen LogP contribution in [-0.4, -0.2) is 14.8 Å². The van der Waals surface area contributed by atoms with Gasteiger partial charge in [0.2, 0.25) is 0 Å². The van der Waals surface area contributed by atoms with E-state index in [0.29, 0.717) is 0 Å². The summed E-state index contributed by atoms with van der Waals surface area (Å²) in [6, 6.07) is 20.7. The van der Waals surface area contributed by atoms with E-state index >= 15 is 0 Å². The lowest BCUT2D eigenvalue weighted by atomic mass is 10.0. The number of aromatic nitrogens is 3. The molecule has 0 saturated carbocycles. The van der Waals surface area contributed by atoms with Gasteiger partial charge in [0.25, 0.3) is 0 Å². The van der Waals surface area contributed by atoms with Crippen molar-refractivity contribution in [1.82, 2.24) is 14.8 Å². The molecule has 0 atom stereocenters. The number of rotatable bonds is 1. The van der Waals surface area contributed by atoms with Gasteiger partial charge in [0.15, 0.2) is 0 Å². The van der Waals surface area contributed by atoms with Crippen molar-refractivity contribution in [2.24, 2.45) is 0 Å². The second-order valence-corrected chi connectivity index (χ2v) is 5.64. The molecular formula is C20H13N3. The zero-order valence-electron chi connectivity index (χ0n) is 12.3. The summed E-state index contributed by atoms with van der Waals surface area (Å²) >= 11 is 0. The number of hydrogen-bond acceptors (Lipinski definition) is 2. The lowest BCUT2D eigenvalue weighted by Gasteiger charge is -2.04. The number of pyridine rings is 1. The van der Waals surface area contributed by atoms with Crippen LogP contribution in [0.3, 0.4) is 0 Å². The molecular weight excluding hydrogens is 282 g/mol. The van der Waals surface area contributed by atoms with Gasteiger partial charge < -0.3 is 0 Å². The Kier molecular flexibility index (Phi) is 2.50. The van der Waals surface area contributed by atoms with Crippen LogP contribution in [0.5, 0.6) is 0 Å². The Balaban J connectivity index is 1.99. The summed E-state index contributed by atoms with van der Waals surface area (Å²) in [4.78, 5) is 4.31. The van der Waals surface area contributed by atoms with E-state index in [2.05, 4.69) is 53.6 Å². The predicted molar refractivity (Wildman–Crippen MR) is 93.9 cm³/mol. The molecule has 0 spiro atoms. The average molecular weight is 295 g/mol. The highest BCUT2D eigenvalue weighted by molar-refractivity contribution is 6.23. The van der Waals surface area contributed by atoms with Crippen LogP contribution in [-0.2, 0) is 0 Å². The average Bonchev–Trinajstić information content (AvgIpc) is 3.09. The third-order valence-electron chi connectivity index (χ3n) is 4.32. The minimum Gasteiger partial charge on any atom is -0.264 e. The lowest BCUT2D eigenvalue weighted by Crippen LogP contribution is -1.92. The van der Waals surface area contributed by atoms with Gasteiger partial charge >= 0.3 is 0 Å². The minimum atomic E-state index is 1.03. The standard InChI is InChI=1S/C20H13N3/c1-2-6-14(7-3-1)23-13-19-16-10-11-21-12-18(16)15-8-4-5-9-17(15)20(19)22-23/h1-13H. The summed E-state index contributed by atoms with van der Waals surface area (Å²) in [5.41, 5.74) is 2.10. The van der Waals surface area contributed by atoms with Crippen molar-refractivity contribution in [1.29, 1.82) is 0 Å². The van der Waals surface area contributed by atoms with Gasteiger partial charge in [-0.25, -0.2) is 4.68 Å².